The van der Waals surface area contributed by atoms with Crippen LogP contribution in [0.2, 0.25) is 0 Å². The highest BCUT2D eigenvalue weighted by Crippen LogP contribution is 2.32. The van der Waals surface area contributed by atoms with Crippen LogP contribution in [0, 0.1) is 5.41 Å². The molecule has 1 heterocycles. The van der Waals surface area contributed by atoms with Crippen LogP contribution in [0.1, 0.15) is 47.0 Å². The fraction of sp³-hybridized carbons (Fsp3) is 0.923. The van der Waals surface area contributed by atoms with E-state index in [9.17, 15) is 4.79 Å². The third-order valence-corrected chi connectivity index (χ3v) is 4.10. The quantitative estimate of drug-likeness (QED) is 0.778. The molecule has 0 aromatic rings. The third kappa shape index (κ3) is 2.40. The van der Waals surface area contributed by atoms with Gasteiger partial charge in [-0.05, 0) is 39.7 Å². The molecule has 0 radical (unpaired) electrons. The molecule has 1 saturated heterocycles. The van der Waals surface area contributed by atoms with Crippen LogP contribution in [-0.4, -0.2) is 36.5 Å². The standard InChI is InChI=1S/C13H26N2O/c1-5-11(4)15(7-3)12(16)13(6-2)8-9-14-10-13/h11,14H,5-10H2,1-4H3. The first-order valence-electron chi connectivity index (χ1n) is 6.63. The lowest BCUT2D eigenvalue weighted by atomic mass is 9.82. The zero-order chi connectivity index (χ0) is 12.2. The predicted molar refractivity (Wildman–Crippen MR) is 67.4 cm³/mol. The van der Waals surface area contributed by atoms with Gasteiger partial charge in [-0.1, -0.05) is 13.8 Å². The molecular formula is C13H26N2O. The fourth-order valence-corrected chi connectivity index (χ4v) is 2.56. The summed E-state index contributed by atoms with van der Waals surface area (Å²) in [5.41, 5.74) is -0.126. The molecule has 94 valence electrons. The Morgan fingerprint density at radius 2 is 2.12 bits per heavy atom. The second kappa shape index (κ2) is 5.67. The molecular weight excluding hydrogens is 200 g/mol. The van der Waals surface area contributed by atoms with E-state index in [0.717, 1.165) is 38.9 Å². The zero-order valence-corrected chi connectivity index (χ0v) is 11.2. The van der Waals surface area contributed by atoms with E-state index >= 15 is 0 Å². The number of hydrogen-bond acceptors (Lipinski definition) is 2. The van der Waals surface area contributed by atoms with Crippen LogP contribution in [0.3, 0.4) is 0 Å². The molecule has 2 atom stereocenters. The Morgan fingerprint density at radius 3 is 2.50 bits per heavy atom. The van der Waals surface area contributed by atoms with Gasteiger partial charge in [-0.3, -0.25) is 4.79 Å². The van der Waals surface area contributed by atoms with E-state index < -0.39 is 0 Å². The van der Waals surface area contributed by atoms with Gasteiger partial charge in [0.15, 0.2) is 0 Å². The fourth-order valence-electron chi connectivity index (χ4n) is 2.56. The molecule has 0 saturated carbocycles. The van der Waals surface area contributed by atoms with E-state index in [1.807, 2.05) is 0 Å². The van der Waals surface area contributed by atoms with Crippen molar-refractivity contribution in [2.24, 2.45) is 5.41 Å². The van der Waals surface area contributed by atoms with Crippen molar-refractivity contribution in [1.82, 2.24) is 10.2 Å². The van der Waals surface area contributed by atoms with Crippen molar-refractivity contribution in [1.29, 1.82) is 0 Å². The van der Waals surface area contributed by atoms with Crippen LogP contribution < -0.4 is 5.32 Å². The summed E-state index contributed by atoms with van der Waals surface area (Å²) in [6, 6.07) is 0.363. The lowest BCUT2D eigenvalue weighted by Gasteiger charge is -2.36. The van der Waals surface area contributed by atoms with Crippen molar-refractivity contribution in [3.63, 3.8) is 0 Å². The topological polar surface area (TPSA) is 32.3 Å². The molecule has 16 heavy (non-hydrogen) atoms. The van der Waals surface area contributed by atoms with Crippen LogP contribution >= 0.6 is 0 Å². The van der Waals surface area contributed by atoms with Crippen molar-refractivity contribution < 1.29 is 4.79 Å². The molecule has 0 aromatic heterocycles. The Morgan fingerprint density at radius 1 is 1.44 bits per heavy atom. The minimum Gasteiger partial charge on any atom is -0.340 e. The number of nitrogens with one attached hydrogen (secondary N) is 1. The maximum absolute atomic E-state index is 12.6. The summed E-state index contributed by atoms with van der Waals surface area (Å²) in [5, 5.41) is 3.33. The number of amides is 1. The van der Waals surface area contributed by atoms with Crippen molar-refractivity contribution in [3.05, 3.63) is 0 Å². The lowest BCUT2D eigenvalue weighted by Crippen LogP contribution is -2.48. The first kappa shape index (κ1) is 13.5. The van der Waals surface area contributed by atoms with Crippen molar-refractivity contribution in [2.75, 3.05) is 19.6 Å². The van der Waals surface area contributed by atoms with Gasteiger partial charge in [0.05, 0.1) is 5.41 Å². The summed E-state index contributed by atoms with van der Waals surface area (Å²) < 4.78 is 0. The molecule has 0 spiro atoms. The highest BCUT2D eigenvalue weighted by Gasteiger charge is 2.42. The Kier molecular flexibility index (Phi) is 4.78. The van der Waals surface area contributed by atoms with Gasteiger partial charge >= 0.3 is 0 Å². The van der Waals surface area contributed by atoms with Gasteiger partial charge < -0.3 is 10.2 Å². The molecule has 1 N–H and O–H groups in total. The second-order valence-electron chi connectivity index (χ2n) is 4.91. The molecule has 1 aliphatic heterocycles. The van der Waals surface area contributed by atoms with Gasteiger partial charge in [0.2, 0.25) is 5.91 Å². The van der Waals surface area contributed by atoms with E-state index in [4.69, 9.17) is 0 Å². The summed E-state index contributed by atoms with van der Waals surface area (Å²) >= 11 is 0. The first-order chi connectivity index (χ1) is 7.61. The Labute approximate surface area is 99.6 Å². The van der Waals surface area contributed by atoms with E-state index in [1.54, 1.807) is 0 Å². The number of hydrogen-bond donors (Lipinski definition) is 1. The van der Waals surface area contributed by atoms with E-state index in [0.29, 0.717) is 11.9 Å². The number of carbonyl (C=O) groups excluding carboxylic acids is 1. The van der Waals surface area contributed by atoms with E-state index in [-0.39, 0.29) is 5.41 Å². The van der Waals surface area contributed by atoms with Crippen LogP contribution in [-0.2, 0) is 4.79 Å². The highest BCUT2D eigenvalue weighted by molar-refractivity contribution is 5.83. The predicted octanol–water partition coefficient (Wildman–Crippen LogP) is 2.02. The molecule has 0 aromatic carbocycles. The molecule has 1 fully saturated rings. The largest absolute Gasteiger partial charge is 0.340 e. The number of nitrogens with zero attached hydrogens (tertiary/aromatic N) is 1. The van der Waals surface area contributed by atoms with Crippen LogP contribution in [0.15, 0.2) is 0 Å². The van der Waals surface area contributed by atoms with Crippen LogP contribution in [0.5, 0.6) is 0 Å². The smallest absolute Gasteiger partial charge is 0.230 e. The summed E-state index contributed by atoms with van der Waals surface area (Å²) in [4.78, 5) is 14.7. The molecule has 0 aliphatic carbocycles. The SMILES string of the molecule is CCC(C)N(CC)C(=O)C1(CC)CCNC1. The van der Waals surface area contributed by atoms with Crippen LogP contribution in [0.4, 0.5) is 0 Å². The van der Waals surface area contributed by atoms with Crippen molar-refractivity contribution >= 4 is 5.91 Å². The summed E-state index contributed by atoms with van der Waals surface area (Å²) in [7, 11) is 0. The third-order valence-electron chi connectivity index (χ3n) is 4.10. The summed E-state index contributed by atoms with van der Waals surface area (Å²) in [5.74, 6) is 0.358. The minimum absolute atomic E-state index is 0.126. The maximum atomic E-state index is 12.6. The molecule has 3 nitrogen and oxygen atoms in total. The van der Waals surface area contributed by atoms with Gasteiger partial charge in [-0.2, -0.15) is 0 Å². The molecule has 1 rings (SSSR count). The van der Waals surface area contributed by atoms with Gasteiger partial charge in [-0.25, -0.2) is 0 Å². The Hall–Kier alpha value is -0.570. The lowest BCUT2D eigenvalue weighted by molar-refractivity contribution is -0.143. The first-order valence-corrected chi connectivity index (χ1v) is 6.63. The van der Waals surface area contributed by atoms with Crippen LogP contribution in [0.25, 0.3) is 0 Å². The molecule has 1 amide bonds. The second-order valence-corrected chi connectivity index (χ2v) is 4.91. The molecule has 1 aliphatic rings. The zero-order valence-electron chi connectivity index (χ0n) is 11.2. The van der Waals surface area contributed by atoms with Crippen molar-refractivity contribution in [3.8, 4) is 0 Å². The maximum Gasteiger partial charge on any atom is 0.230 e. The number of rotatable bonds is 5. The van der Waals surface area contributed by atoms with Gasteiger partial charge in [-0.15, -0.1) is 0 Å². The van der Waals surface area contributed by atoms with Gasteiger partial charge in [0.25, 0.3) is 0 Å². The average molecular weight is 226 g/mol. The van der Waals surface area contributed by atoms with E-state index in [1.165, 1.54) is 0 Å². The van der Waals surface area contributed by atoms with Crippen molar-refractivity contribution in [2.45, 2.75) is 53.0 Å². The normalized spacial score (nSPS) is 26.8. The Bertz CT molecular complexity index is 234. The Balaban J connectivity index is 2.80. The molecule has 2 unspecified atom stereocenters. The molecule has 0 bridgehead atoms. The monoisotopic (exact) mass is 226 g/mol. The van der Waals surface area contributed by atoms with E-state index in [2.05, 4.69) is 37.9 Å². The highest BCUT2D eigenvalue weighted by atomic mass is 16.2. The molecule has 3 heteroatoms. The average Bonchev–Trinajstić information content (AvgIpc) is 2.79. The summed E-state index contributed by atoms with van der Waals surface area (Å²) in [6.45, 7) is 11.2. The van der Waals surface area contributed by atoms with Gasteiger partial charge in [0, 0.05) is 19.1 Å². The minimum atomic E-state index is -0.126. The summed E-state index contributed by atoms with van der Waals surface area (Å²) in [6.07, 6.45) is 2.98. The number of carbonyl (C=O) groups is 1. The van der Waals surface area contributed by atoms with Gasteiger partial charge in [0.1, 0.15) is 0 Å².